The Hall–Kier alpha value is -3.48. The van der Waals surface area contributed by atoms with Crippen molar-refractivity contribution in [1.82, 2.24) is 10.2 Å². The molecule has 5 nitrogen and oxygen atoms in total. The lowest BCUT2D eigenvalue weighted by atomic mass is 9.96. The molecule has 1 amide bonds. The second kappa shape index (κ2) is 11.5. The first-order valence-electron chi connectivity index (χ1n) is 11.8. The van der Waals surface area contributed by atoms with Crippen molar-refractivity contribution in [1.29, 1.82) is 0 Å². The minimum Gasteiger partial charge on any atom is -0.480 e. The molecule has 3 aromatic carbocycles. The Morgan fingerprint density at radius 3 is 2.36 bits per heavy atom. The molecule has 186 valence electrons. The Labute approximate surface area is 215 Å². The molecule has 1 aliphatic heterocycles. The number of aliphatic carboxylic acids is 1. The van der Waals surface area contributed by atoms with Gasteiger partial charge in [-0.05, 0) is 59.4 Å². The van der Waals surface area contributed by atoms with Crippen LogP contribution in [0.1, 0.15) is 39.0 Å². The quantitative estimate of drug-likeness (QED) is 0.423. The molecule has 2 N–H and O–H groups in total. The topological polar surface area (TPSA) is 69.6 Å². The number of carboxylic acids is 1. The molecule has 0 bridgehead atoms. The molecule has 36 heavy (non-hydrogen) atoms. The highest BCUT2D eigenvalue weighted by Gasteiger charge is 2.23. The third kappa shape index (κ3) is 6.39. The van der Waals surface area contributed by atoms with Gasteiger partial charge in [0.15, 0.2) is 0 Å². The fraction of sp³-hybridized carbons (Fsp3) is 0.241. The first-order valence-corrected chi connectivity index (χ1v) is 12.2. The molecule has 4 rings (SSSR count). The maximum Gasteiger partial charge on any atom is 0.326 e. The Kier molecular flexibility index (Phi) is 8.18. The molecule has 0 radical (unpaired) electrons. The molecule has 0 saturated carbocycles. The van der Waals surface area contributed by atoms with Gasteiger partial charge in [-0.25, -0.2) is 9.18 Å². The maximum absolute atomic E-state index is 13.1. The number of nitrogens with zero attached hydrogens (tertiary/aromatic N) is 1. The van der Waals surface area contributed by atoms with E-state index in [9.17, 15) is 19.1 Å². The van der Waals surface area contributed by atoms with E-state index in [1.807, 2.05) is 36.4 Å². The zero-order valence-electron chi connectivity index (χ0n) is 20.0. The second-order valence-electron chi connectivity index (χ2n) is 9.04. The van der Waals surface area contributed by atoms with Gasteiger partial charge in [0.2, 0.25) is 0 Å². The third-order valence-electron chi connectivity index (χ3n) is 6.43. The van der Waals surface area contributed by atoms with E-state index in [2.05, 4.69) is 16.3 Å². The number of carbonyl (C=O) groups is 2. The summed E-state index contributed by atoms with van der Waals surface area (Å²) in [5.74, 6) is -1.83. The summed E-state index contributed by atoms with van der Waals surface area (Å²) in [5.41, 5.74) is 5.22. The summed E-state index contributed by atoms with van der Waals surface area (Å²) in [6.45, 7) is 4.25. The van der Waals surface area contributed by atoms with Crippen LogP contribution in [0.2, 0.25) is 5.02 Å². The van der Waals surface area contributed by atoms with Crippen molar-refractivity contribution < 1.29 is 19.1 Å². The van der Waals surface area contributed by atoms with E-state index in [0.29, 0.717) is 11.1 Å². The number of halogens is 2. The number of hydrogen-bond donors (Lipinski definition) is 2. The predicted molar refractivity (Wildman–Crippen MR) is 139 cm³/mol. The molecule has 1 heterocycles. The van der Waals surface area contributed by atoms with Gasteiger partial charge in [0.1, 0.15) is 11.9 Å². The monoisotopic (exact) mass is 506 g/mol. The van der Waals surface area contributed by atoms with Gasteiger partial charge in [0, 0.05) is 26.1 Å². The summed E-state index contributed by atoms with van der Waals surface area (Å²) >= 11 is 6.16. The van der Waals surface area contributed by atoms with Gasteiger partial charge < -0.3 is 10.4 Å². The Bertz CT molecular complexity index is 1250. The van der Waals surface area contributed by atoms with E-state index < -0.39 is 17.9 Å². The van der Waals surface area contributed by atoms with E-state index in [1.165, 1.54) is 17.7 Å². The predicted octanol–water partition coefficient (Wildman–Crippen LogP) is 5.50. The Balaban J connectivity index is 1.37. The number of carbonyl (C=O) groups excluding carboxylic acids is 1. The average molecular weight is 507 g/mol. The number of aryl methyl sites for hydroxylation is 1. The van der Waals surface area contributed by atoms with Crippen LogP contribution in [0.3, 0.4) is 0 Å². The molecule has 0 aromatic heterocycles. The minimum absolute atomic E-state index is 0.162. The van der Waals surface area contributed by atoms with Crippen molar-refractivity contribution in [3.05, 3.63) is 111 Å². The zero-order valence-corrected chi connectivity index (χ0v) is 20.8. The zero-order chi connectivity index (χ0) is 25.7. The summed E-state index contributed by atoms with van der Waals surface area (Å²) in [5, 5.41) is 12.6. The van der Waals surface area contributed by atoms with Crippen LogP contribution in [0.4, 0.5) is 4.39 Å². The van der Waals surface area contributed by atoms with Crippen LogP contribution in [0.25, 0.3) is 5.57 Å². The molecular weight excluding hydrogens is 479 g/mol. The maximum atomic E-state index is 13.1. The molecule has 0 fully saturated rings. The first kappa shape index (κ1) is 25.6. The summed E-state index contributed by atoms with van der Waals surface area (Å²) in [6, 6.07) is 18.4. The van der Waals surface area contributed by atoms with E-state index in [4.69, 9.17) is 11.6 Å². The molecule has 1 atom stereocenters. The van der Waals surface area contributed by atoms with Gasteiger partial charge in [-0.1, -0.05) is 66.2 Å². The lowest BCUT2D eigenvalue weighted by Gasteiger charge is -2.26. The second-order valence-corrected chi connectivity index (χ2v) is 9.45. The van der Waals surface area contributed by atoms with Gasteiger partial charge in [0.05, 0.1) is 10.6 Å². The highest BCUT2D eigenvalue weighted by molar-refractivity contribution is 6.34. The molecule has 1 aliphatic rings. The minimum atomic E-state index is -1.10. The molecule has 0 saturated heterocycles. The van der Waals surface area contributed by atoms with Crippen molar-refractivity contribution >= 4 is 29.1 Å². The molecule has 0 aliphatic carbocycles. The highest BCUT2D eigenvalue weighted by atomic mass is 35.5. The summed E-state index contributed by atoms with van der Waals surface area (Å²) in [7, 11) is 0. The van der Waals surface area contributed by atoms with Crippen LogP contribution in [-0.2, 0) is 17.8 Å². The number of benzene rings is 3. The largest absolute Gasteiger partial charge is 0.480 e. The average Bonchev–Trinajstić information content (AvgIpc) is 2.86. The summed E-state index contributed by atoms with van der Waals surface area (Å²) < 4.78 is 13.1. The number of carboxylic acid groups (broad SMARTS) is 1. The van der Waals surface area contributed by atoms with Crippen LogP contribution >= 0.6 is 11.6 Å². The van der Waals surface area contributed by atoms with Gasteiger partial charge in [-0.3, -0.25) is 9.69 Å². The van der Waals surface area contributed by atoms with Crippen molar-refractivity contribution in [3.8, 4) is 0 Å². The fourth-order valence-corrected chi connectivity index (χ4v) is 4.71. The van der Waals surface area contributed by atoms with E-state index in [0.717, 1.165) is 42.7 Å². The van der Waals surface area contributed by atoms with Crippen LogP contribution in [0, 0.1) is 12.7 Å². The van der Waals surface area contributed by atoms with Crippen molar-refractivity contribution in [3.63, 3.8) is 0 Å². The number of nitrogens with one attached hydrogen (secondary N) is 1. The lowest BCUT2D eigenvalue weighted by molar-refractivity contribution is -0.139. The number of hydrogen-bond acceptors (Lipinski definition) is 3. The van der Waals surface area contributed by atoms with Gasteiger partial charge in [-0.2, -0.15) is 0 Å². The van der Waals surface area contributed by atoms with Crippen LogP contribution in [0.5, 0.6) is 0 Å². The molecular formula is C29H28ClFN2O3. The van der Waals surface area contributed by atoms with E-state index >= 15 is 0 Å². The van der Waals surface area contributed by atoms with E-state index in [-0.39, 0.29) is 17.3 Å². The lowest BCUT2D eigenvalue weighted by Crippen LogP contribution is -2.42. The molecule has 7 heteroatoms. The smallest absolute Gasteiger partial charge is 0.326 e. The Morgan fingerprint density at radius 2 is 1.75 bits per heavy atom. The number of amides is 1. The van der Waals surface area contributed by atoms with Crippen LogP contribution < -0.4 is 5.32 Å². The summed E-state index contributed by atoms with van der Waals surface area (Å²) in [6.07, 6.45) is 3.26. The van der Waals surface area contributed by atoms with Crippen molar-refractivity contribution in [2.75, 3.05) is 13.1 Å². The molecule has 0 unspecified atom stereocenters. The fourth-order valence-electron chi connectivity index (χ4n) is 4.41. The molecule has 3 aromatic rings. The van der Waals surface area contributed by atoms with Crippen molar-refractivity contribution in [2.24, 2.45) is 0 Å². The van der Waals surface area contributed by atoms with Gasteiger partial charge >= 0.3 is 5.97 Å². The molecule has 0 spiro atoms. The van der Waals surface area contributed by atoms with Crippen LogP contribution in [-0.4, -0.2) is 41.0 Å². The van der Waals surface area contributed by atoms with Crippen molar-refractivity contribution in [2.45, 2.75) is 32.4 Å². The first-order chi connectivity index (χ1) is 17.3. The highest BCUT2D eigenvalue weighted by Crippen LogP contribution is 2.24. The number of rotatable bonds is 8. The normalized spacial score (nSPS) is 14.7. The standard InChI is InChI=1S/C29H28ClFN2O3/c1-19-3-2-4-25(30)27(19)28(34)32-26(29(35)36)17-20-5-9-22(10-6-20)23-13-15-33(16-14-23)18-21-7-11-24(31)12-8-21/h2-13,26H,14-18H2,1H3,(H,32,34)(H,35,36)/t26-/m0/s1. The SMILES string of the molecule is Cc1cccc(Cl)c1C(=O)N[C@@H](Cc1ccc(C2=CCN(Cc3ccc(F)cc3)CC2)cc1)C(=O)O. The van der Waals surface area contributed by atoms with E-state index in [1.54, 1.807) is 25.1 Å². The summed E-state index contributed by atoms with van der Waals surface area (Å²) in [4.78, 5) is 26.9. The third-order valence-corrected chi connectivity index (χ3v) is 6.74. The Morgan fingerprint density at radius 1 is 1.06 bits per heavy atom. The van der Waals surface area contributed by atoms with Gasteiger partial charge in [0.25, 0.3) is 5.91 Å². The van der Waals surface area contributed by atoms with Crippen LogP contribution in [0.15, 0.2) is 72.8 Å². The van der Waals surface area contributed by atoms with Gasteiger partial charge in [-0.15, -0.1) is 0 Å².